The molecule has 2 N–H and O–H groups in total. The molecule has 0 radical (unpaired) electrons. The summed E-state index contributed by atoms with van der Waals surface area (Å²) in [5, 5.41) is 9.70. The molecule has 1 heterocycles. The summed E-state index contributed by atoms with van der Waals surface area (Å²) in [6.45, 7) is 0. The van der Waals surface area contributed by atoms with Crippen molar-refractivity contribution in [3.05, 3.63) is 41.7 Å². The Hall–Kier alpha value is -2.28. The molecule has 0 saturated carbocycles. The zero-order valence-corrected chi connectivity index (χ0v) is 14.5. The SMILES string of the molecule is CSc1ccc(NC(=O)C(=O)NC2CCCc3c2cnn3C)cc1. The van der Waals surface area contributed by atoms with Crippen molar-refractivity contribution < 1.29 is 9.59 Å². The number of amides is 2. The molecular formula is C17H20N4O2S. The first-order valence-corrected chi connectivity index (χ1v) is 9.07. The van der Waals surface area contributed by atoms with Crippen LogP contribution in [0.4, 0.5) is 5.69 Å². The normalized spacial score (nSPS) is 16.3. The van der Waals surface area contributed by atoms with Gasteiger partial charge in [0.15, 0.2) is 0 Å². The Kier molecular flexibility index (Phi) is 4.89. The number of rotatable bonds is 3. The molecule has 2 aromatic rings. The van der Waals surface area contributed by atoms with Gasteiger partial charge in [0, 0.05) is 28.9 Å². The molecule has 0 aliphatic heterocycles. The van der Waals surface area contributed by atoms with Gasteiger partial charge >= 0.3 is 11.8 Å². The number of carbonyl (C=O) groups excluding carboxylic acids is 2. The predicted octanol–water partition coefficient (Wildman–Crippen LogP) is 2.27. The van der Waals surface area contributed by atoms with Crippen LogP contribution in [-0.2, 0) is 23.1 Å². The Morgan fingerprint density at radius 2 is 2.00 bits per heavy atom. The Bertz CT molecular complexity index is 754. The molecule has 0 bridgehead atoms. The Labute approximate surface area is 145 Å². The van der Waals surface area contributed by atoms with E-state index in [0.29, 0.717) is 5.69 Å². The van der Waals surface area contributed by atoms with Crippen molar-refractivity contribution in [1.29, 1.82) is 0 Å². The highest BCUT2D eigenvalue weighted by atomic mass is 32.2. The number of hydrogen-bond donors (Lipinski definition) is 2. The van der Waals surface area contributed by atoms with E-state index >= 15 is 0 Å². The van der Waals surface area contributed by atoms with Gasteiger partial charge in [-0.2, -0.15) is 5.10 Å². The summed E-state index contributed by atoms with van der Waals surface area (Å²) in [6, 6.07) is 7.23. The van der Waals surface area contributed by atoms with Crippen LogP contribution < -0.4 is 10.6 Å². The number of hydrogen-bond acceptors (Lipinski definition) is 4. The molecule has 24 heavy (non-hydrogen) atoms. The topological polar surface area (TPSA) is 76.0 Å². The summed E-state index contributed by atoms with van der Waals surface area (Å²) in [6.07, 6.45) is 6.50. The number of aryl methyl sites for hydroxylation is 1. The maximum absolute atomic E-state index is 12.2. The maximum atomic E-state index is 12.2. The molecular weight excluding hydrogens is 324 g/mol. The number of carbonyl (C=O) groups is 2. The Morgan fingerprint density at radius 1 is 1.25 bits per heavy atom. The van der Waals surface area contributed by atoms with E-state index in [9.17, 15) is 9.59 Å². The zero-order valence-electron chi connectivity index (χ0n) is 13.7. The van der Waals surface area contributed by atoms with Crippen LogP contribution in [-0.4, -0.2) is 27.9 Å². The highest BCUT2D eigenvalue weighted by molar-refractivity contribution is 7.98. The number of nitrogens with one attached hydrogen (secondary N) is 2. The van der Waals surface area contributed by atoms with Crippen molar-refractivity contribution in [3.8, 4) is 0 Å². The van der Waals surface area contributed by atoms with Gasteiger partial charge in [-0.15, -0.1) is 11.8 Å². The molecule has 0 spiro atoms. The largest absolute Gasteiger partial charge is 0.341 e. The van der Waals surface area contributed by atoms with Crippen LogP contribution in [0.1, 0.15) is 30.1 Å². The fourth-order valence-corrected chi connectivity index (χ4v) is 3.35. The fourth-order valence-electron chi connectivity index (χ4n) is 2.94. The van der Waals surface area contributed by atoms with Crippen molar-refractivity contribution in [3.63, 3.8) is 0 Å². The van der Waals surface area contributed by atoms with E-state index < -0.39 is 11.8 Å². The van der Waals surface area contributed by atoms with E-state index in [1.54, 1.807) is 30.1 Å². The van der Waals surface area contributed by atoms with Gasteiger partial charge in [-0.1, -0.05) is 0 Å². The van der Waals surface area contributed by atoms with E-state index in [-0.39, 0.29) is 6.04 Å². The van der Waals surface area contributed by atoms with Gasteiger partial charge < -0.3 is 10.6 Å². The van der Waals surface area contributed by atoms with Crippen LogP contribution >= 0.6 is 11.8 Å². The molecule has 7 heteroatoms. The van der Waals surface area contributed by atoms with Crippen LogP contribution in [0.2, 0.25) is 0 Å². The molecule has 3 rings (SSSR count). The third kappa shape index (κ3) is 3.46. The average molecular weight is 344 g/mol. The molecule has 1 aromatic heterocycles. The molecule has 1 aromatic carbocycles. The van der Waals surface area contributed by atoms with E-state index in [0.717, 1.165) is 35.4 Å². The third-order valence-corrected chi connectivity index (χ3v) is 4.98. The molecule has 0 fully saturated rings. The van der Waals surface area contributed by atoms with Crippen molar-refractivity contribution in [2.24, 2.45) is 7.05 Å². The molecule has 1 aliphatic rings. The summed E-state index contributed by atoms with van der Waals surface area (Å²) < 4.78 is 1.83. The number of nitrogens with zero attached hydrogens (tertiary/aromatic N) is 2. The van der Waals surface area contributed by atoms with Crippen LogP contribution in [0.3, 0.4) is 0 Å². The lowest BCUT2D eigenvalue weighted by Gasteiger charge is -2.23. The number of benzene rings is 1. The molecule has 0 saturated heterocycles. The number of anilines is 1. The van der Waals surface area contributed by atoms with Crippen molar-refractivity contribution in [2.45, 2.75) is 30.2 Å². The first-order valence-electron chi connectivity index (χ1n) is 7.85. The second-order valence-electron chi connectivity index (χ2n) is 5.77. The minimum absolute atomic E-state index is 0.153. The van der Waals surface area contributed by atoms with E-state index in [2.05, 4.69) is 15.7 Å². The van der Waals surface area contributed by atoms with E-state index in [1.807, 2.05) is 30.1 Å². The summed E-state index contributed by atoms with van der Waals surface area (Å²) in [4.78, 5) is 25.4. The highest BCUT2D eigenvalue weighted by Gasteiger charge is 2.26. The molecule has 1 atom stereocenters. The molecule has 6 nitrogen and oxygen atoms in total. The van der Waals surface area contributed by atoms with Gasteiger partial charge in [0.25, 0.3) is 0 Å². The first kappa shape index (κ1) is 16.6. The van der Waals surface area contributed by atoms with Gasteiger partial charge in [0.2, 0.25) is 0 Å². The number of fused-ring (bicyclic) bond motifs is 1. The summed E-state index contributed by atoms with van der Waals surface area (Å²) in [5.74, 6) is -1.27. The van der Waals surface area contributed by atoms with Crippen LogP contribution in [0.15, 0.2) is 35.4 Å². The first-order chi connectivity index (χ1) is 11.6. The molecule has 1 unspecified atom stereocenters. The van der Waals surface area contributed by atoms with Gasteiger partial charge in [-0.25, -0.2) is 0 Å². The van der Waals surface area contributed by atoms with Crippen molar-refractivity contribution in [1.82, 2.24) is 15.1 Å². The van der Waals surface area contributed by atoms with Gasteiger partial charge in [0.05, 0.1) is 12.2 Å². The third-order valence-electron chi connectivity index (χ3n) is 4.24. The van der Waals surface area contributed by atoms with Crippen LogP contribution in [0, 0.1) is 0 Å². The summed E-state index contributed by atoms with van der Waals surface area (Å²) >= 11 is 1.62. The average Bonchev–Trinajstić information content (AvgIpc) is 2.98. The van der Waals surface area contributed by atoms with Gasteiger partial charge in [-0.05, 0) is 49.8 Å². The monoisotopic (exact) mass is 344 g/mol. The minimum Gasteiger partial charge on any atom is -0.341 e. The maximum Gasteiger partial charge on any atom is 0.313 e. The number of aromatic nitrogens is 2. The standard InChI is InChI=1S/C17H20N4O2S/c1-21-15-5-3-4-14(13(15)10-18-21)20-17(23)16(22)19-11-6-8-12(24-2)9-7-11/h6-10,14H,3-5H2,1-2H3,(H,19,22)(H,20,23). The van der Waals surface area contributed by atoms with E-state index in [4.69, 9.17) is 0 Å². The molecule has 1 aliphatic carbocycles. The van der Waals surface area contributed by atoms with Gasteiger partial charge in [0.1, 0.15) is 0 Å². The Balaban J connectivity index is 1.63. The summed E-state index contributed by atoms with van der Waals surface area (Å²) in [5.41, 5.74) is 2.74. The second kappa shape index (κ2) is 7.09. The zero-order chi connectivity index (χ0) is 17.1. The summed E-state index contributed by atoms with van der Waals surface area (Å²) in [7, 11) is 1.90. The van der Waals surface area contributed by atoms with Crippen LogP contribution in [0.5, 0.6) is 0 Å². The fraction of sp³-hybridized carbons (Fsp3) is 0.353. The second-order valence-corrected chi connectivity index (χ2v) is 6.65. The lowest BCUT2D eigenvalue weighted by Crippen LogP contribution is -2.38. The lowest BCUT2D eigenvalue weighted by atomic mass is 9.93. The molecule has 2 amide bonds. The minimum atomic E-state index is -0.650. The Morgan fingerprint density at radius 3 is 2.71 bits per heavy atom. The van der Waals surface area contributed by atoms with Gasteiger partial charge in [-0.3, -0.25) is 14.3 Å². The van der Waals surface area contributed by atoms with E-state index in [1.165, 1.54) is 0 Å². The number of thioether (sulfide) groups is 1. The van der Waals surface area contributed by atoms with Crippen molar-refractivity contribution in [2.75, 3.05) is 11.6 Å². The lowest BCUT2D eigenvalue weighted by molar-refractivity contribution is -0.136. The quantitative estimate of drug-likeness (QED) is 0.662. The molecule has 126 valence electrons. The smallest absolute Gasteiger partial charge is 0.313 e. The highest BCUT2D eigenvalue weighted by Crippen LogP contribution is 2.29. The van der Waals surface area contributed by atoms with Crippen LogP contribution in [0.25, 0.3) is 0 Å². The van der Waals surface area contributed by atoms with Crippen molar-refractivity contribution >= 4 is 29.3 Å². The predicted molar refractivity (Wildman–Crippen MR) is 93.9 cm³/mol.